The fraction of sp³-hybridized carbons (Fsp3) is 0.588. The van der Waals surface area contributed by atoms with Gasteiger partial charge in [0.1, 0.15) is 5.82 Å². The minimum Gasteiger partial charge on any atom is -0.333 e. The third-order valence-corrected chi connectivity index (χ3v) is 4.82. The van der Waals surface area contributed by atoms with E-state index in [1.807, 2.05) is 11.0 Å². The van der Waals surface area contributed by atoms with Crippen molar-refractivity contribution in [3.05, 3.63) is 35.6 Å². The number of nitrogens with one attached hydrogen (secondary N) is 1. The number of nitrogens with zero attached hydrogens (tertiary/aromatic N) is 1. The molecular weight excluding hydrogens is 281 g/mol. The lowest BCUT2D eigenvalue weighted by Crippen LogP contribution is -2.51. The lowest BCUT2D eigenvalue weighted by Gasteiger charge is -2.40. The minimum absolute atomic E-state index is 0.0258. The molecule has 3 unspecified atom stereocenters. The third-order valence-electron chi connectivity index (χ3n) is 4.82. The number of carbonyl (C=O) groups is 1. The van der Waals surface area contributed by atoms with Crippen LogP contribution in [0.2, 0.25) is 0 Å². The van der Waals surface area contributed by atoms with E-state index < -0.39 is 0 Å². The van der Waals surface area contributed by atoms with E-state index in [0.717, 1.165) is 37.8 Å². The summed E-state index contributed by atoms with van der Waals surface area (Å²) < 4.78 is 13.5. The third kappa shape index (κ3) is 3.31. The van der Waals surface area contributed by atoms with Gasteiger partial charge in [0.15, 0.2) is 0 Å². The number of benzene rings is 1. The molecule has 2 aliphatic rings. The first-order valence-electron chi connectivity index (χ1n) is 8.17. The van der Waals surface area contributed by atoms with Gasteiger partial charge in [-0.1, -0.05) is 18.6 Å². The molecule has 1 saturated carbocycles. The SMILES string of the molecule is NC1CCCC(C(=O)N2CCNCC2c2cccc(F)c2)C1. The molecule has 2 fully saturated rings. The number of rotatable bonds is 2. The van der Waals surface area contributed by atoms with Gasteiger partial charge in [-0.05, 0) is 37.0 Å². The summed E-state index contributed by atoms with van der Waals surface area (Å²) in [4.78, 5) is 14.8. The fourth-order valence-corrected chi connectivity index (χ4v) is 3.67. The Bertz CT molecular complexity index is 536. The van der Waals surface area contributed by atoms with Crippen LogP contribution in [-0.2, 0) is 4.79 Å². The van der Waals surface area contributed by atoms with E-state index in [2.05, 4.69) is 5.32 Å². The highest BCUT2D eigenvalue weighted by Crippen LogP contribution is 2.30. The zero-order chi connectivity index (χ0) is 15.5. The highest BCUT2D eigenvalue weighted by atomic mass is 19.1. The highest BCUT2D eigenvalue weighted by molar-refractivity contribution is 5.79. The molecule has 3 rings (SSSR count). The van der Waals surface area contributed by atoms with Crippen molar-refractivity contribution in [3.63, 3.8) is 0 Å². The number of halogens is 1. The van der Waals surface area contributed by atoms with Crippen LogP contribution in [0.1, 0.15) is 37.3 Å². The molecule has 5 heteroatoms. The number of hydrogen-bond donors (Lipinski definition) is 2. The Labute approximate surface area is 130 Å². The van der Waals surface area contributed by atoms with Gasteiger partial charge < -0.3 is 16.0 Å². The molecule has 1 aliphatic heterocycles. The van der Waals surface area contributed by atoms with E-state index in [1.54, 1.807) is 6.07 Å². The van der Waals surface area contributed by atoms with E-state index in [-0.39, 0.29) is 29.7 Å². The number of hydrogen-bond acceptors (Lipinski definition) is 3. The Hall–Kier alpha value is -1.46. The molecule has 22 heavy (non-hydrogen) atoms. The Morgan fingerprint density at radius 3 is 3.00 bits per heavy atom. The molecule has 0 radical (unpaired) electrons. The highest BCUT2D eigenvalue weighted by Gasteiger charge is 2.34. The molecule has 0 aromatic heterocycles. The summed E-state index contributed by atoms with van der Waals surface area (Å²) in [6.45, 7) is 2.13. The van der Waals surface area contributed by atoms with Crippen LogP contribution >= 0.6 is 0 Å². The predicted octanol–water partition coefficient (Wildman–Crippen LogP) is 1.82. The molecule has 0 bridgehead atoms. The Balaban J connectivity index is 1.78. The van der Waals surface area contributed by atoms with Gasteiger partial charge in [-0.3, -0.25) is 4.79 Å². The summed E-state index contributed by atoms with van der Waals surface area (Å²) in [6.07, 6.45) is 3.73. The summed E-state index contributed by atoms with van der Waals surface area (Å²) in [5.74, 6) is -0.0426. The molecule has 3 atom stereocenters. The number of piperazine rings is 1. The van der Waals surface area contributed by atoms with Gasteiger partial charge in [0.2, 0.25) is 5.91 Å². The van der Waals surface area contributed by atoms with Crippen molar-refractivity contribution in [1.29, 1.82) is 0 Å². The molecule has 1 heterocycles. The van der Waals surface area contributed by atoms with Crippen molar-refractivity contribution in [1.82, 2.24) is 10.2 Å². The average molecular weight is 305 g/mol. The van der Waals surface area contributed by atoms with Crippen LogP contribution in [0.3, 0.4) is 0 Å². The molecule has 4 nitrogen and oxygen atoms in total. The molecular formula is C17H24FN3O. The molecule has 1 aliphatic carbocycles. The maximum atomic E-state index is 13.5. The smallest absolute Gasteiger partial charge is 0.226 e. The van der Waals surface area contributed by atoms with Gasteiger partial charge in [0, 0.05) is 31.6 Å². The van der Waals surface area contributed by atoms with Crippen LogP contribution in [0, 0.1) is 11.7 Å². The summed E-state index contributed by atoms with van der Waals surface area (Å²) in [5, 5.41) is 3.31. The zero-order valence-corrected chi connectivity index (χ0v) is 12.8. The molecule has 1 aromatic rings. The Morgan fingerprint density at radius 2 is 2.23 bits per heavy atom. The van der Waals surface area contributed by atoms with Gasteiger partial charge in [-0.2, -0.15) is 0 Å². The largest absolute Gasteiger partial charge is 0.333 e. The second kappa shape index (κ2) is 6.75. The zero-order valence-electron chi connectivity index (χ0n) is 12.8. The number of carbonyl (C=O) groups excluding carboxylic acids is 1. The normalized spacial score (nSPS) is 29.4. The maximum Gasteiger partial charge on any atom is 0.226 e. The summed E-state index contributed by atoms with van der Waals surface area (Å²) >= 11 is 0. The minimum atomic E-state index is -0.254. The molecule has 1 aromatic carbocycles. The monoisotopic (exact) mass is 305 g/mol. The van der Waals surface area contributed by atoms with Gasteiger partial charge in [-0.25, -0.2) is 4.39 Å². The van der Waals surface area contributed by atoms with Crippen molar-refractivity contribution in [2.75, 3.05) is 19.6 Å². The van der Waals surface area contributed by atoms with Gasteiger partial charge in [0.25, 0.3) is 0 Å². The first-order chi connectivity index (χ1) is 10.6. The maximum absolute atomic E-state index is 13.5. The van der Waals surface area contributed by atoms with Crippen LogP contribution in [0.25, 0.3) is 0 Å². The lowest BCUT2D eigenvalue weighted by atomic mass is 9.84. The average Bonchev–Trinajstić information content (AvgIpc) is 2.54. The van der Waals surface area contributed by atoms with Crippen molar-refractivity contribution < 1.29 is 9.18 Å². The van der Waals surface area contributed by atoms with Gasteiger partial charge in [-0.15, -0.1) is 0 Å². The van der Waals surface area contributed by atoms with Crippen LogP contribution < -0.4 is 11.1 Å². The first-order valence-corrected chi connectivity index (χ1v) is 8.17. The standard InChI is InChI=1S/C17H24FN3O/c18-14-5-1-3-12(9-14)16-11-20-7-8-21(16)17(22)13-4-2-6-15(19)10-13/h1,3,5,9,13,15-16,20H,2,4,6-8,10-11,19H2. The van der Waals surface area contributed by atoms with Crippen molar-refractivity contribution >= 4 is 5.91 Å². The summed E-state index contributed by atoms with van der Waals surface area (Å²) in [5.41, 5.74) is 6.89. The summed E-state index contributed by atoms with van der Waals surface area (Å²) in [7, 11) is 0. The first kappa shape index (κ1) is 15.4. The second-order valence-corrected chi connectivity index (χ2v) is 6.43. The van der Waals surface area contributed by atoms with Crippen LogP contribution in [-0.4, -0.2) is 36.5 Å². The fourth-order valence-electron chi connectivity index (χ4n) is 3.67. The Kier molecular flexibility index (Phi) is 4.74. The van der Waals surface area contributed by atoms with Crippen molar-refractivity contribution in [2.45, 2.75) is 37.8 Å². The van der Waals surface area contributed by atoms with Crippen molar-refractivity contribution in [3.8, 4) is 0 Å². The van der Waals surface area contributed by atoms with Crippen LogP contribution in [0.4, 0.5) is 4.39 Å². The predicted molar refractivity (Wildman–Crippen MR) is 83.7 cm³/mol. The molecule has 1 saturated heterocycles. The van der Waals surface area contributed by atoms with Crippen molar-refractivity contribution in [2.24, 2.45) is 11.7 Å². The van der Waals surface area contributed by atoms with E-state index >= 15 is 0 Å². The molecule has 0 spiro atoms. The van der Waals surface area contributed by atoms with Crippen LogP contribution in [0.5, 0.6) is 0 Å². The summed E-state index contributed by atoms with van der Waals surface area (Å²) in [6, 6.07) is 6.62. The lowest BCUT2D eigenvalue weighted by molar-refractivity contribution is -0.140. The Morgan fingerprint density at radius 1 is 1.36 bits per heavy atom. The van der Waals surface area contributed by atoms with E-state index in [9.17, 15) is 9.18 Å². The molecule has 120 valence electrons. The van der Waals surface area contributed by atoms with Crippen LogP contribution in [0.15, 0.2) is 24.3 Å². The molecule has 1 amide bonds. The quantitative estimate of drug-likeness (QED) is 0.876. The number of amides is 1. The molecule has 3 N–H and O–H groups in total. The van der Waals surface area contributed by atoms with E-state index in [1.165, 1.54) is 12.1 Å². The van der Waals surface area contributed by atoms with Gasteiger partial charge in [0.05, 0.1) is 6.04 Å². The van der Waals surface area contributed by atoms with E-state index in [4.69, 9.17) is 5.73 Å². The van der Waals surface area contributed by atoms with E-state index in [0.29, 0.717) is 13.1 Å². The number of nitrogens with two attached hydrogens (primary N) is 1. The van der Waals surface area contributed by atoms with Gasteiger partial charge >= 0.3 is 0 Å². The topological polar surface area (TPSA) is 58.4 Å². The second-order valence-electron chi connectivity index (χ2n) is 6.43.